The molecule has 0 aliphatic heterocycles. The SMILES string of the molecule is Fc1cnc(-c2c[nH]c3ncc(Cl)cc23)nc1N[C@H]1C[C@@H]2CCC1C2. The Hall–Kier alpha value is -2.21. The van der Waals surface area contributed by atoms with Crippen molar-refractivity contribution >= 4 is 28.5 Å². The Balaban J connectivity index is 1.51. The first-order valence-corrected chi connectivity index (χ1v) is 8.97. The molecule has 2 bridgehead atoms. The zero-order chi connectivity index (χ0) is 17.0. The fraction of sp³-hybridized carbons (Fsp3) is 0.389. The summed E-state index contributed by atoms with van der Waals surface area (Å²) in [5, 5.41) is 4.69. The Morgan fingerprint density at radius 1 is 1.20 bits per heavy atom. The lowest BCUT2D eigenvalue weighted by atomic mass is 9.95. The van der Waals surface area contributed by atoms with Gasteiger partial charge in [-0.3, -0.25) is 0 Å². The van der Waals surface area contributed by atoms with Gasteiger partial charge in [0.1, 0.15) is 5.65 Å². The molecule has 2 aliphatic carbocycles. The maximum atomic E-state index is 14.3. The number of nitrogens with one attached hydrogen (secondary N) is 2. The highest BCUT2D eigenvalue weighted by atomic mass is 35.5. The molecule has 3 aromatic heterocycles. The van der Waals surface area contributed by atoms with E-state index < -0.39 is 5.82 Å². The fourth-order valence-electron chi connectivity index (χ4n) is 4.36. The second-order valence-electron chi connectivity index (χ2n) is 7.07. The maximum absolute atomic E-state index is 14.3. The minimum Gasteiger partial charge on any atom is -0.364 e. The summed E-state index contributed by atoms with van der Waals surface area (Å²) in [5.74, 6) is 1.75. The summed E-state index contributed by atoms with van der Waals surface area (Å²) >= 11 is 6.05. The summed E-state index contributed by atoms with van der Waals surface area (Å²) in [6, 6.07) is 2.13. The second-order valence-corrected chi connectivity index (χ2v) is 7.50. The lowest BCUT2D eigenvalue weighted by Crippen LogP contribution is -2.27. The van der Waals surface area contributed by atoms with Gasteiger partial charge in [-0.15, -0.1) is 0 Å². The highest BCUT2D eigenvalue weighted by Gasteiger charge is 2.39. The van der Waals surface area contributed by atoms with E-state index in [1.54, 1.807) is 12.4 Å². The third kappa shape index (κ3) is 2.56. The molecule has 0 spiro atoms. The number of aromatic nitrogens is 4. The predicted octanol–water partition coefficient (Wildman–Crippen LogP) is 4.41. The molecule has 0 amide bonds. The van der Waals surface area contributed by atoms with Crippen molar-refractivity contribution in [3.63, 3.8) is 0 Å². The molecular formula is C18H17ClFN5. The van der Waals surface area contributed by atoms with E-state index in [1.807, 2.05) is 6.07 Å². The van der Waals surface area contributed by atoms with Gasteiger partial charge < -0.3 is 10.3 Å². The van der Waals surface area contributed by atoms with Gasteiger partial charge in [0.15, 0.2) is 17.5 Å². The summed E-state index contributed by atoms with van der Waals surface area (Å²) in [4.78, 5) is 15.9. The van der Waals surface area contributed by atoms with E-state index in [4.69, 9.17) is 11.6 Å². The molecule has 128 valence electrons. The van der Waals surface area contributed by atoms with Crippen LogP contribution in [0.25, 0.3) is 22.4 Å². The summed E-state index contributed by atoms with van der Waals surface area (Å²) in [6.45, 7) is 0. The van der Waals surface area contributed by atoms with Crippen molar-refractivity contribution in [2.45, 2.75) is 31.7 Å². The first-order valence-electron chi connectivity index (χ1n) is 8.59. The molecule has 0 aromatic carbocycles. The van der Waals surface area contributed by atoms with Crippen molar-refractivity contribution in [3.05, 3.63) is 35.5 Å². The predicted molar refractivity (Wildman–Crippen MR) is 94.9 cm³/mol. The number of rotatable bonds is 3. The van der Waals surface area contributed by atoms with Gasteiger partial charge in [0.05, 0.1) is 11.2 Å². The minimum atomic E-state index is -0.414. The van der Waals surface area contributed by atoms with Crippen LogP contribution in [0.15, 0.2) is 24.7 Å². The first-order chi connectivity index (χ1) is 12.2. The van der Waals surface area contributed by atoms with Gasteiger partial charge in [-0.2, -0.15) is 0 Å². The van der Waals surface area contributed by atoms with Crippen LogP contribution in [0.1, 0.15) is 25.7 Å². The van der Waals surface area contributed by atoms with Crippen LogP contribution < -0.4 is 5.32 Å². The average Bonchev–Trinajstić information content (AvgIpc) is 3.31. The van der Waals surface area contributed by atoms with Crippen LogP contribution in [-0.2, 0) is 0 Å². The highest BCUT2D eigenvalue weighted by molar-refractivity contribution is 6.31. The number of hydrogen-bond donors (Lipinski definition) is 2. The Bertz CT molecular complexity index is 956. The fourth-order valence-corrected chi connectivity index (χ4v) is 4.52. The van der Waals surface area contributed by atoms with Crippen LogP contribution in [0.3, 0.4) is 0 Å². The lowest BCUT2D eigenvalue weighted by molar-refractivity contribution is 0.436. The van der Waals surface area contributed by atoms with E-state index in [0.717, 1.165) is 23.3 Å². The van der Waals surface area contributed by atoms with E-state index in [2.05, 4.69) is 25.3 Å². The lowest BCUT2D eigenvalue weighted by Gasteiger charge is -2.23. The molecule has 3 aromatic rings. The van der Waals surface area contributed by atoms with Crippen molar-refractivity contribution in [1.29, 1.82) is 0 Å². The van der Waals surface area contributed by atoms with Crippen molar-refractivity contribution < 1.29 is 4.39 Å². The average molecular weight is 358 g/mol. The number of pyridine rings is 1. The normalized spacial score (nSPS) is 25.0. The van der Waals surface area contributed by atoms with E-state index in [-0.39, 0.29) is 5.82 Å². The molecule has 3 atom stereocenters. The van der Waals surface area contributed by atoms with Gasteiger partial charge >= 0.3 is 0 Å². The van der Waals surface area contributed by atoms with E-state index in [0.29, 0.717) is 28.5 Å². The third-order valence-corrected chi connectivity index (χ3v) is 5.75. The molecule has 2 saturated carbocycles. The maximum Gasteiger partial charge on any atom is 0.183 e. The van der Waals surface area contributed by atoms with Crippen LogP contribution in [-0.4, -0.2) is 26.0 Å². The molecule has 2 aliphatic rings. The van der Waals surface area contributed by atoms with Crippen molar-refractivity contribution in [2.24, 2.45) is 11.8 Å². The Kier molecular flexibility index (Phi) is 3.41. The van der Waals surface area contributed by atoms with E-state index in [1.165, 1.54) is 25.5 Å². The largest absolute Gasteiger partial charge is 0.364 e. The Morgan fingerprint density at radius 3 is 2.92 bits per heavy atom. The van der Waals surface area contributed by atoms with Gasteiger partial charge in [0, 0.05) is 29.4 Å². The molecule has 1 unspecified atom stereocenters. The Labute approximate surface area is 149 Å². The van der Waals surface area contributed by atoms with Crippen molar-refractivity contribution in [3.8, 4) is 11.4 Å². The quantitative estimate of drug-likeness (QED) is 0.728. The Morgan fingerprint density at radius 2 is 2.12 bits per heavy atom. The minimum absolute atomic E-state index is 0.284. The molecule has 5 nitrogen and oxygen atoms in total. The summed E-state index contributed by atoms with van der Waals surface area (Å²) in [5.41, 5.74) is 1.47. The summed E-state index contributed by atoms with van der Waals surface area (Å²) in [6.07, 6.45) is 9.49. The van der Waals surface area contributed by atoms with Crippen molar-refractivity contribution in [1.82, 2.24) is 19.9 Å². The number of halogens is 2. The smallest absolute Gasteiger partial charge is 0.183 e. The monoisotopic (exact) mass is 357 g/mol. The molecule has 7 heteroatoms. The number of nitrogens with zero attached hydrogens (tertiary/aromatic N) is 3. The molecule has 3 heterocycles. The van der Waals surface area contributed by atoms with Gasteiger partial charge in [0.2, 0.25) is 0 Å². The highest BCUT2D eigenvalue weighted by Crippen LogP contribution is 2.45. The van der Waals surface area contributed by atoms with Crippen LogP contribution in [0.5, 0.6) is 0 Å². The van der Waals surface area contributed by atoms with Gasteiger partial charge in [0.25, 0.3) is 0 Å². The molecule has 0 radical (unpaired) electrons. The van der Waals surface area contributed by atoms with E-state index >= 15 is 0 Å². The summed E-state index contributed by atoms with van der Waals surface area (Å²) in [7, 11) is 0. The van der Waals surface area contributed by atoms with E-state index in [9.17, 15) is 4.39 Å². The number of anilines is 1. The number of aromatic amines is 1. The van der Waals surface area contributed by atoms with Crippen LogP contribution in [0, 0.1) is 17.7 Å². The third-order valence-electron chi connectivity index (χ3n) is 5.54. The number of fused-ring (bicyclic) bond motifs is 3. The number of hydrogen-bond acceptors (Lipinski definition) is 4. The van der Waals surface area contributed by atoms with Crippen LogP contribution in [0.4, 0.5) is 10.2 Å². The topological polar surface area (TPSA) is 66.5 Å². The zero-order valence-corrected chi connectivity index (χ0v) is 14.2. The standard InChI is InChI=1S/C18H17ClFN5/c19-11-5-12-13(7-22-16(12)21-6-11)17-23-8-14(20)18(25-17)24-15-4-9-1-2-10(15)3-9/h5-10,15H,1-4H2,(H,21,22)(H,23,24,25)/t9-,10?,15+/m1/s1. The van der Waals surface area contributed by atoms with Crippen molar-refractivity contribution in [2.75, 3.05) is 5.32 Å². The zero-order valence-electron chi connectivity index (χ0n) is 13.5. The molecule has 2 N–H and O–H groups in total. The molecule has 0 saturated heterocycles. The summed E-state index contributed by atoms with van der Waals surface area (Å²) < 4.78 is 14.3. The molecular weight excluding hydrogens is 341 g/mol. The molecule has 25 heavy (non-hydrogen) atoms. The van der Waals surface area contributed by atoms with Gasteiger partial charge in [-0.25, -0.2) is 19.3 Å². The first kappa shape index (κ1) is 15.1. The van der Waals surface area contributed by atoms with Crippen LogP contribution in [0.2, 0.25) is 5.02 Å². The van der Waals surface area contributed by atoms with Gasteiger partial charge in [-0.1, -0.05) is 18.0 Å². The molecule has 2 fully saturated rings. The van der Waals surface area contributed by atoms with Crippen LogP contribution >= 0.6 is 11.6 Å². The van der Waals surface area contributed by atoms with Gasteiger partial charge in [-0.05, 0) is 37.2 Å². The number of H-pyrrole nitrogens is 1. The molecule has 5 rings (SSSR count). The second kappa shape index (κ2) is 5.66.